The molecule has 64 valence electrons. The van der Waals surface area contributed by atoms with E-state index in [0.717, 1.165) is 4.46 Å². The zero-order chi connectivity index (χ0) is 9.14. The van der Waals surface area contributed by atoms with E-state index in [-0.39, 0.29) is 14.0 Å². The van der Waals surface area contributed by atoms with Crippen molar-refractivity contribution in [2.24, 2.45) is 0 Å². The molecule has 0 heterocycles. The fourth-order valence-corrected chi connectivity index (χ4v) is 2.62. The Morgan fingerprint density at radius 3 is 2.58 bits per heavy atom. The van der Waals surface area contributed by atoms with Crippen LogP contribution in [0.15, 0.2) is 18.2 Å². The van der Waals surface area contributed by atoms with Crippen molar-refractivity contribution in [1.29, 1.82) is 0 Å². The minimum absolute atomic E-state index is 0.259. The maximum absolute atomic E-state index is 10.8. The van der Waals surface area contributed by atoms with Crippen molar-refractivity contribution < 1.29 is 4.79 Å². The first-order valence-electron chi connectivity index (χ1n) is 2.93. The second-order valence-electron chi connectivity index (χ2n) is 1.99. The van der Waals surface area contributed by atoms with Gasteiger partial charge in [-0.25, -0.2) is 0 Å². The number of carbonyl (C=O) groups is 1. The molecule has 0 aliphatic rings. The summed E-state index contributed by atoms with van der Waals surface area (Å²) >= 11 is 10.7. The quantitative estimate of drug-likeness (QED) is 0.602. The van der Waals surface area contributed by atoms with Gasteiger partial charge in [0.15, 0.2) is 0 Å². The normalized spacial score (nSPS) is 9.92. The number of rotatable bonds is 2. The van der Waals surface area contributed by atoms with E-state index in [0.29, 0.717) is 10.6 Å². The van der Waals surface area contributed by atoms with Gasteiger partial charge in [-0.05, 0) is 0 Å². The second kappa shape index (κ2) is 4.50. The molecular formula is C7H3Cl3OSe. The predicted octanol–water partition coefficient (Wildman–Crippen LogP) is 2.20. The average molecular weight is 288 g/mol. The van der Waals surface area contributed by atoms with E-state index in [1.165, 1.54) is 6.07 Å². The van der Waals surface area contributed by atoms with Gasteiger partial charge in [-0.1, -0.05) is 0 Å². The summed E-state index contributed by atoms with van der Waals surface area (Å²) in [6, 6.07) is 4.92. The van der Waals surface area contributed by atoms with Crippen molar-refractivity contribution >= 4 is 57.0 Å². The van der Waals surface area contributed by atoms with E-state index >= 15 is 0 Å². The van der Waals surface area contributed by atoms with Gasteiger partial charge < -0.3 is 0 Å². The van der Waals surface area contributed by atoms with Gasteiger partial charge in [-0.2, -0.15) is 0 Å². The van der Waals surface area contributed by atoms with Gasteiger partial charge in [-0.15, -0.1) is 0 Å². The predicted molar refractivity (Wildman–Crippen MR) is 52.9 cm³/mol. The van der Waals surface area contributed by atoms with Gasteiger partial charge in [-0.3, -0.25) is 0 Å². The van der Waals surface area contributed by atoms with Crippen molar-refractivity contribution in [2.75, 3.05) is 0 Å². The Morgan fingerprint density at radius 2 is 2.08 bits per heavy atom. The van der Waals surface area contributed by atoms with Crippen LogP contribution in [0.25, 0.3) is 0 Å². The molecule has 12 heavy (non-hydrogen) atoms. The molecule has 1 aromatic carbocycles. The summed E-state index contributed by atoms with van der Waals surface area (Å²) in [4.78, 5) is 10.8. The van der Waals surface area contributed by atoms with Gasteiger partial charge in [0.1, 0.15) is 0 Å². The van der Waals surface area contributed by atoms with Crippen LogP contribution in [0.1, 0.15) is 10.4 Å². The van der Waals surface area contributed by atoms with Crippen molar-refractivity contribution in [3.8, 4) is 0 Å². The Morgan fingerprint density at radius 1 is 1.42 bits per heavy atom. The van der Waals surface area contributed by atoms with Crippen LogP contribution in [0.2, 0.25) is 5.02 Å². The molecule has 0 aliphatic carbocycles. The molecule has 0 saturated carbocycles. The third kappa shape index (κ3) is 2.38. The van der Waals surface area contributed by atoms with Crippen molar-refractivity contribution in [3.05, 3.63) is 28.8 Å². The molecule has 5 heteroatoms. The van der Waals surface area contributed by atoms with Crippen molar-refractivity contribution in [3.63, 3.8) is 0 Å². The molecule has 1 nitrogen and oxygen atoms in total. The molecule has 1 rings (SSSR count). The third-order valence-corrected chi connectivity index (χ3v) is 3.63. The van der Waals surface area contributed by atoms with Crippen LogP contribution in [0.5, 0.6) is 0 Å². The molecule has 0 aromatic heterocycles. The van der Waals surface area contributed by atoms with Gasteiger partial charge in [0, 0.05) is 0 Å². The molecule has 0 N–H and O–H groups in total. The monoisotopic (exact) mass is 288 g/mol. The first-order chi connectivity index (χ1) is 5.65. The Labute approximate surface area is 90.4 Å². The summed E-state index contributed by atoms with van der Waals surface area (Å²) in [5.41, 5.74) is 0.402. The minimum atomic E-state index is -0.518. The number of benzene rings is 1. The molecule has 0 spiro atoms. The molecule has 0 saturated heterocycles. The summed E-state index contributed by atoms with van der Waals surface area (Å²) in [7, 11) is 5.64. The first kappa shape index (κ1) is 10.4. The number of carbonyl (C=O) groups excluding carboxylic acids is 1. The van der Waals surface area contributed by atoms with Crippen LogP contribution in [0, 0.1) is 0 Å². The summed E-state index contributed by atoms with van der Waals surface area (Å²) < 4.78 is 0.758. The Kier molecular flexibility index (Phi) is 3.88. The number of hydrogen-bond acceptors (Lipinski definition) is 1. The van der Waals surface area contributed by atoms with E-state index < -0.39 is 5.24 Å². The van der Waals surface area contributed by atoms with Crippen LogP contribution in [-0.4, -0.2) is 19.3 Å². The van der Waals surface area contributed by atoms with Gasteiger partial charge in [0.25, 0.3) is 0 Å². The van der Waals surface area contributed by atoms with E-state index in [4.69, 9.17) is 33.3 Å². The maximum atomic E-state index is 10.8. The Hall–Kier alpha value is 0.279. The zero-order valence-electron chi connectivity index (χ0n) is 5.68. The van der Waals surface area contributed by atoms with Crippen LogP contribution >= 0.6 is 33.3 Å². The first-order valence-corrected chi connectivity index (χ1v) is 6.79. The standard InChI is InChI=1S/C7H3Cl3OSe/c8-4-1-2-6(12-10)5(3-4)7(9)11/h1-3H. The van der Waals surface area contributed by atoms with Crippen molar-refractivity contribution in [1.82, 2.24) is 0 Å². The SMILES string of the molecule is O=C(Cl)c1cc(Cl)ccc1[Se]Cl. The van der Waals surface area contributed by atoms with Crippen molar-refractivity contribution in [2.45, 2.75) is 0 Å². The van der Waals surface area contributed by atoms with E-state index in [2.05, 4.69) is 0 Å². The summed E-state index contributed by atoms with van der Waals surface area (Å²) in [5, 5.41) is -0.0290. The summed E-state index contributed by atoms with van der Waals surface area (Å²) in [6.07, 6.45) is 0. The summed E-state index contributed by atoms with van der Waals surface area (Å²) in [6.45, 7) is 0. The zero-order valence-corrected chi connectivity index (χ0v) is 9.66. The molecule has 0 atom stereocenters. The van der Waals surface area contributed by atoms with E-state index in [1.807, 2.05) is 0 Å². The van der Waals surface area contributed by atoms with Crippen LogP contribution in [-0.2, 0) is 0 Å². The van der Waals surface area contributed by atoms with E-state index in [9.17, 15) is 4.79 Å². The fourth-order valence-electron chi connectivity index (χ4n) is 0.723. The fraction of sp³-hybridized carbons (Fsp3) is 0. The molecule has 0 radical (unpaired) electrons. The summed E-state index contributed by atoms with van der Waals surface area (Å²) in [5.74, 6) is 0. The molecule has 0 bridgehead atoms. The molecule has 0 aliphatic heterocycles. The van der Waals surface area contributed by atoms with E-state index in [1.54, 1.807) is 12.1 Å². The topological polar surface area (TPSA) is 17.1 Å². The molecule has 0 unspecified atom stereocenters. The van der Waals surface area contributed by atoms with Gasteiger partial charge in [0.2, 0.25) is 0 Å². The van der Waals surface area contributed by atoms with Crippen LogP contribution in [0.3, 0.4) is 0 Å². The molecule has 1 aromatic rings. The third-order valence-electron chi connectivity index (χ3n) is 1.24. The Balaban J connectivity index is 3.21. The number of halogens is 3. The van der Waals surface area contributed by atoms with Crippen LogP contribution < -0.4 is 4.46 Å². The molecular weight excluding hydrogens is 285 g/mol. The van der Waals surface area contributed by atoms with Gasteiger partial charge in [0.05, 0.1) is 0 Å². The van der Waals surface area contributed by atoms with Gasteiger partial charge >= 0.3 is 90.6 Å². The number of hydrogen-bond donors (Lipinski definition) is 0. The average Bonchev–Trinajstić information content (AvgIpc) is 2.04. The molecule has 0 fully saturated rings. The second-order valence-corrected chi connectivity index (χ2v) is 4.82. The Bertz CT molecular complexity index is 314. The molecule has 0 amide bonds. The van der Waals surface area contributed by atoms with Crippen LogP contribution in [0.4, 0.5) is 0 Å².